The van der Waals surface area contributed by atoms with E-state index in [-0.39, 0.29) is 11.5 Å². The van der Waals surface area contributed by atoms with Crippen LogP contribution in [0.2, 0.25) is 0 Å². The van der Waals surface area contributed by atoms with Crippen LogP contribution in [0.5, 0.6) is 5.88 Å². The van der Waals surface area contributed by atoms with E-state index in [4.69, 9.17) is 11.2 Å². The SMILES string of the molecule is C#CC(C)Oc1cc(NCCC)nc(C(C)(C)C)n1. The van der Waals surface area contributed by atoms with Crippen LogP contribution in [0.15, 0.2) is 6.07 Å². The molecule has 0 radical (unpaired) electrons. The van der Waals surface area contributed by atoms with Crippen LogP contribution >= 0.6 is 0 Å². The van der Waals surface area contributed by atoms with E-state index in [1.807, 2.05) is 6.92 Å². The number of rotatable bonds is 5. The predicted molar refractivity (Wildman–Crippen MR) is 78.4 cm³/mol. The molecule has 0 spiro atoms. The van der Waals surface area contributed by atoms with Crippen molar-refractivity contribution in [1.82, 2.24) is 9.97 Å². The van der Waals surface area contributed by atoms with Crippen LogP contribution in [0, 0.1) is 12.3 Å². The Hall–Kier alpha value is -1.76. The van der Waals surface area contributed by atoms with Gasteiger partial charge in [0.15, 0.2) is 6.10 Å². The second-order valence-electron chi connectivity index (χ2n) is 5.52. The van der Waals surface area contributed by atoms with E-state index in [0.717, 1.165) is 24.6 Å². The molecule has 0 bridgehead atoms. The molecule has 0 saturated carbocycles. The van der Waals surface area contributed by atoms with E-state index in [2.05, 4.69) is 48.9 Å². The molecule has 0 aliphatic heterocycles. The molecule has 1 aromatic rings. The van der Waals surface area contributed by atoms with E-state index in [9.17, 15) is 0 Å². The molecule has 0 saturated heterocycles. The van der Waals surface area contributed by atoms with Crippen molar-refractivity contribution in [2.24, 2.45) is 0 Å². The highest BCUT2D eigenvalue weighted by atomic mass is 16.5. The summed E-state index contributed by atoms with van der Waals surface area (Å²) in [6.07, 6.45) is 6.06. The maximum Gasteiger partial charge on any atom is 0.219 e. The molecule has 0 aliphatic rings. The third kappa shape index (κ3) is 4.78. The molecule has 1 rings (SSSR count). The van der Waals surface area contributed by atoms with Crippen LogP contribution in [0.3, 0.4) is 0 Å². The first kappa shape index (κ1) is 15.3. The Kier molecular flexibility index (Phi) is 5.17. The second-order valence-corrected chi connectivity index (χ2v) is 5.52. The van der Waals surface area contributed by atoms with Crippen LogP contribution in [0.1, 0.15) is 46.9 Å². The van der Waals surface area contributed by atoms with Crippen LogP contribution in [0.25, 0.3) is 0 Å². The Morgan fingerprint density at radius 3 is 2.63 bits per heavy atom. The lowest BCUT2D eigenvalue weighted by molar-refractivity contribution is 0.265. The number of hydrogen-bond donors (Lipinski definition) is 1. The van der Waals surface area contributed by atoms with E-state index in [0.29, 0.717) is 5.88 Å². The van der Waals surface area contributed by atoms with Crippen molar-refractivity contribution < 1.29 is 4.74 Å². The molecule has 0 amide bonds. The standard InChI is InChI=1S/C15H23N3O/c1-7-9-16-12-10-13(19-11(3)8-2)18-14(17-12)15(4,5)6/h2,10-11H,7,9H2,1,3-6H3,(H,16,17,18). The first-order chi connectivity index (χ1) is 8.86. The highest BCUT2D eigenvalue weighted by Gasteiger charge is 2.20. The summed E-state index contributed by atoms with van der Waals surface area (Å²) in [5.74, 6) is 4.57. The average molecular weight is 261 g/mol. The molecule has 1 atom stereocenters. The Bertz CT molecular complexity index is 457. The number of aromatic nitrogens is 2. The average Bonchev–Trinajstić information content (AvgIpc) is 2.34. The maximum atomic E-state index is 5.59. The van der Waals surface area contributed by atoms with Gasteiger partial charge in [-0.2, -0.15) is 4.98 Å². The lowest BCUT2D eigenvalue weighted by Gasteiger charge is -2.19. The summed E-state index contributed by atoms with van der Waals surface area (Å²) < 4.78 is 5.59. The first-order valence-corrected chi connectivity index (χ1v) is 6.63. The topological polar surface area (TPSA) is 47.0 Å². The van der Waals surface area contributed by atoms with Crippen molar-refractivity contribution in [3.63, 3.8) is 0 Å². The van der Waals surface area contributed by atoms with Gasteiger partial charge in [-0.1, -0.05) is 33.6 Å². The number of hydrogen-bond acceptors (Lipinski definition) is 4. The summed E-state index contributed by atoms with van der Waals surface area (Å²) in [5, 5.41) is 3.26. The van der Waals surface area contributed by atoms with Gasteiger partial charge in [0, 0.05) is 18.0 Å². The van der Waals surface area contributed by atoms with Gasteiger partial charge in [0.05, 0.1) is 0 Å². The van der Waals surface area contributed by atoms with Crippen LogP contribution in [-0.4, -0.2) is 22.6 Å². The fourth-order valence-corrected chi connectivity index (χ4v) is 1.38. The molecule has 4 heteroatoms. The van der Waals surface area contributed by atoms with Crippen molar-refractivity contribution in [2.45, 2.75) is 52.6 Å². The molecular weight excluding hydrogens is 238 g/mol. The van der Waals surface area contributed by atoms with Crippen molar-refractivity contribution in [3.8, 4) is 18.2 Å². The van der Waals surface area contributed by atoms with E-state index in [1.54, 1.807) is 6.07 Å². The van der Waals surface area contributed by atoms with Crippen molar-refractivity contribution in [2.75, 3.05) is 11.9 Å². The Balaban J connectivity index is 3.06. The zero-order chi connectivity index (χ0) is 14.5. The Labute approximate surface area is 116 Å². The molecular formula is C15H23N3O. The lowest BCUT2D eigenvalue weighted by Crippen LogP contribution is -2.19. The summed E-state index contributed by atoms with van der Waals surface area (Å²) in [5.41, 5.74) is -0.138. The molecule has 19 heavy (non-hydrogen) atoms. The summed E-state index contributed by atoms with van der Waals surface area (Å²) in [7, 11) is 0. The normalized spacial score (nSPS) is 12.6. The Morgan fingerprint density at radius 2 is 2.11 bits per heavy atom. The van der Waals surface area contributed by atoms with Gasteiger partial charge in [0.1, 0.15) is 11.6 Å². The third-order valence-electron chi connectivity index (χ3n) is 2.46. The smallest absolute Gasteiger partial charge is 0.219 e. The summed E-state index contributed by atoms with van der Waals surface area (Å²) in [4.78, 5) is 8.95. The van der Waals surface area contributed by atoms with E-state index >= 15 is 0 Å². The van der Waals surface area contributed by atoms with Crippen LogP contribution in [-0.2, 0) is 5.41 Å². The number of nitrogens with zero attached hydrogens (tertiary/aromatic N) is 2. The number of anilines is 1. The monoisotopic (exact) mass is 261 g/mol. The van der Waals surface area contributed by atoms with Gasteiger partial charge in [-0.05, 0) is 13.3 Å². The number of terminal acetylenes is 1. The Morgan fingerprint density at radius 1 is 1.42 bits per heavy atom. The van der Waals surface area contributed by atoms with Gasteiger partial charge in [-0.25, -0.2) is 4.98 Å². The minimum Gasteiger partial charge on any atom is -0.461 e. The third-order valence-corrected chi connectivity index (χ3v) is 2.46. The first-order valence-electron chi connectivity index (χ1n) is 6.63. The fraction of sp³-hybridized carbons (Fsp3) is 0.600. The minimum atomic E-state index is -0.304. The van der Waals surface area contributed by atoms with Crippen LogP contribution in [0.4, 0.5) is 5.82 Å². The highest BCUT2D eigenvalue weighted by molar-refractivity contribution is 5.39. The molecule has 0 aliphatic carbocycles. The van der Waals surface area contributed by atoms with Gasteiger partial charge in [-0.15, -0.1) is 6.42 Å². The van der Waals surface area contributed by atoms with Crippen molar-refractivity contribution in [1.29, 1.82) is 0 Å². The predicted octanol–water partition coefficient (Wildman–Crippen LogP) is 3.00. The lowest BCUT2D eigenvalue weighted by atomic mass is 9.96. The largest absolute Gasteiger partial charge is 0.461 e. The molecule has 104 valence electrons. The van der Waals surface area contributed by atoms with Crippen molar-refractivity contribution in [3.05, 3.63) is 11.9 Å². The van der Waals surface area contributed by atoms with Crippen molar-refractivity contribution >= 4 is 5.82 Å². The molecule has 4 nitrogen and oxygen atoms in total. The maximum absolute atomic E-state index is 5.59. The van der Waals surface area contributed by atoms with Gasteiger partial charge in [0.2, 0.25) is 5.88 Å². The summed E-state index contributed by atoms with van der Waals surface area (Å²) in [6, 6.07) is 1.79. The van der Waals surface area contributed by atoms with E-state index in [1.165, 1.54) is 0 Å². The molecule has 1 heterocycles. The highest BCUT2D eigenvalue weighted by Crippen LogP contribution is 2.23. The molecule has 1 unspecified atom stereocenters. The zero-order valence-electron chi connectivity index (χ0n) is 12.4. The van der Waals surface area contributed by atoms with Gasteiger partial charge in [-0.3, -0.25) is 0 Å². The summed E-state index contributed by atoms with van der Waals surface area (Å²) in [6.45, 7) is 11.0. The van der Waals surface area contributed by atoms with E-state index < -0.39 is 0 Å². The minimum absolute atomic E-state index is 0.138. The van der Waals surface area contributed by atoms with Gasteiger partial charge in [0.25, 0.3) is 0 Å². The van der Waals surface area contributed by atoms with Gasteiger partial charge < -0.3 is 10.1 Å². The number of nitrogens with one attached hydrogen (secondary N) is 1. The molecule has 0 fully saturated rings. The number of ether oxygens (including phenoxy) is 1. The summed E-state index contributed by atoms with van der Waals surface area (Å²) >= 11 is 0. The molecule has 1 N–H and O–H groups in total. The van der Waals surface area contributed by atoms with Crippen LogP contribution < -0.4 is 10.1 Å². The fourth-order valence-electron chi connectivity index (χ4n) is 1.38. The second kappa shape index (κ2) is 6.42. The van der Waals surface area contributed by atoms with Gasteiger partial charge >= 0.3 is 0 Å². The quantitative estimate of drug-likeness (QED) is 0.828. The molecule has 0 aromatic carbocycles. The molecule has 1 aromatic heterocycles. The zero-order valence-corrected chi connectivity index (χ0v) is 12.4.